The van der Waals surface area contributed by atoms with E-state index < -0.39 is 18.0 Å². The summed E-state index contributed by atoms with van der Waals surface area (Å²) in [4.78, 5) is 27.5. The van der Waals surface area contributed by atoms with E-state index in [1.807, 2.05) is 78.9 Å². The van der Waals surface area contributed by atoms with Gasteiger partial charge in [0.25, 0.3) is 5.91 Å². The Kier molecular flexibility index (Phi) is 5.53. The molecule has 1 atom stereocenters. The molecule has 3 aromatic carbocycles. The van der Waals surface area contributed by atoms with Crippen LogP contribution in [0.2, 0.25) is 0 Å². The molecule has 3 aromatic rings. The van der Waals surface area contributed by atoms with E-state index in [9.17, 15) is 9.59 Å². The predicted molar refractivity (Wildman–Crippen MR) is 113 cm³/mol. The minimum Gasteiger partial charge on any atom is -0.457 e. The number of hydrogen-bond donors (Lipinski definition) is 0. The highest BCUT2D eigenvalue weighted by molar-refractivity contribution is 5.89. The van der Waals surface area contributed by atoms with Gasteiger partial charge in [-0.3, -0.25) is 9.59 Å². The van der Waals surface area contributed by atoms with Gasteiger partial charge in [0.2, 0.25) is 0 Å². The average molecular weight is 401 g/mol. The molecule has 0 aliphatic carbocycles. The van der Waals surface area contributed by atoms with Crippen molar-refractivity contribution in [3.05, 3.63) is 95.6 Å². The van der Waals surface area contributed by atoms with Crippen LogP contribution in [0, 0.1) is 0 Å². The molecule has 1 amide bonds. The summed E-state index contributed by atoms with van der Waals surface area (Å²) in [5, 5.41) is 0. The van der Waals surface area contributed by atoms with Crippen LogP contribution in [0.1, 0.15) is 29.5 Å². The van der Waals surface area contributed by atoms with Crippen LogP contribution < -0.4 is 4.74 Å². The molecule has 0 radical (unpaired) electrons. The Bertz CT molecular complexity index is 1020. The van der Waals surface area contributed by atoms with Crippen LogP contribution in [0.4, 0.5) is 0 Å². The van der Waals surface area contributed by atoms with Crippen LogP contribution in [0.3, 0.4) is 0 Å². The van der Waals surface area contributed by atoms with Crippen molar-refractivity contribution in [2.75, 3.05) is 7.05 Å². The van der Waals surface area contributed by atoms with Crippen molar-refractivity contribution in [2.24, 2.45) is 0 Å². The summed E-state index contributed by atoms with van der Waals surface area (Å²) in [6, 6.07) is 24.5. The number of amides is 1. The highest BCUT2D eigenvalue weighted by Crippen LogP contribution is 2.44. The number of esters is 1. The number of carbonyl (C=O) groups is 2. The fraction of sp³-hybridized carbons (Fsp3) is 0.200. The van der Waals surface area contributed by atoms with Gasteiger partial charge in [0, 0.05) is 24.7 Å². The topological polar surface area (TPSA) is 55.8 Å². The van der Waals surface area contributed by atoms with Crippen molar-refractivity contribution in [3.63, 3.8) is 0 Å². The van der Waals surface area contributed by atoms with E-state index in [0.29, 0.717) is 18.0 Å². The lowest BCUT2D eigenvalue weighted by atomic mass is 9.88. The van der Waals surface area contributed by atoms with Gasteiger partial charge in [-0.25, -0.2) is 0 Å². The summed E-state index contributed by atoms with van der Waals surface area (Å²) in [6.07, 6.45) is -0.895. The number of benzene rings is 3. The third kappa shape index (κ3) is 3.92. The van der Waals surface area contributed by atoms with Crippen molar-refractivity contribution in [2.45, 2.75) is 25.5 Å². The molecule has 152 valence electrons. The monoisotopic (exact) mass is 401 g/mol. The number of hydrogen-bond acceptors (Lipinski definition) is 4. The molecule has 30 heavy (non-hydrogen) atoms. The Morgan fingerprint density at radius 2 is 1.43 bits per heavy atom. The number of para-hydroxylation sites is 2. The van der Waals surface area contributed by atoms with Gasteiger partial charge in [0.15, 0.2) is 6.10 Å². The molecule has 0 saturated heterocycles. The number of rotatable bonds is 5. The van der Waals surface area contributed by atoms with Gasteiger partial charge in [0.05, 0.1) is 0 Å². The van der Waals surface area contributed by atoms with E-state index in [-0.39, 0.29) is 5.91 Å². The smallest absolute Gasteiger partial charge is 0.318 e. The van der Waals surface area contributed by atoms with E-state index in [1.54, 1.807) is 18.9 Å². The van der Waals surface area contributed by atoms with Crippen LogP contribution in [-0.2, 0) is 20.9 Å². The largest absolute Gasteiger partial charge is 0.457 e. The van der Waals surface area contributed by atoms with E-state index in [4.69, 9.17) is 9.47 Å². The SMILES string of the molecule is C[C@H](OC(=O)C1c2ccccc2Oc2ccccc21)C(=O)N(C)Cc1ccccc1. The highest BCUT2D eigenvalue weighted by Gasteiger charge is 2.35. The van der Waals surface area contributed by atoms with Crippen molar-refractivity contribution in [3.8, 4) is 11.5 Å². The molecule has 5 heteroatoms. The summed E-state index contributed by atoms with van der Waals surface area (Å²) < 4.78 is 11.6. The second kappa shape index (κ2) is 8.41. The number of ether oxygens (including phenoxy) is 2. The quantitative estimate of drug-likeness (QED) is 0.590. The first kappa shape index (κ1) is 19.7. The standard InChI is InChI=1S/C25H23NO4/c1-17(24(27)26(2)16-18-10-4-3-5-11-18)29-25(28)23-19-12-6-8-14-21(19)30-22-15-9-7-13-20(22)23/h3-15,17,23H,16H2,1-2H3/t17-/m0/s1. The highest BCUT2D eigenvalue weighted by atomic mass is 16.5. The van der Waals surface area contributed by atoms with Crippen molar-refractivity contribution >= 4 is 11.9 Å². The molecule has 5 nitrogen and oxygen atoms in total. The van der Waals surface area contributed by atoms with E-state index in [2.05, 4.69) is 0 Å². The minimum atomic E-state index is -0.895. The number of fused-ring (bicyclic) bond motifs is 2. The maximum Gasteiger partial charge on any atom is 0.318 e. The Hall–Kier alpha value is -3.60. The third-order valence-electron chi connectivity index (χ3n) is 5.20. The minimum absolute atomic E-state index is 0.249. The van der Waals surface area contributed by atoms with E-state index in [1.165, 1.54) is 0 Å². The van der Waals surface area contributed by atoms with Crippen LogP contribution in [0.5, 0.6) is 11.5 Å². The Balaban J connectivity index is 1.52. The van der Waals surface area contributed by atoms with Crippen molar-refractivity contribution in [1.29, 1.82) is 0 Å². The lowest BCUT2D eigenvalue weighted by Gasteiger charge is -2.28. The molecular weight excluding hydrogens is 378 g/mol. The van der Waals surface area contributed by atoms with Gasteiger partial charge < -0.3 is 14.4 Å². The summed E-state index contributed by atoms with van der Waals surface area (Å²) in [6.45, 7) is 2.06. The zero-order valence-corrected chi connectivity index (χ0v) is 16.9. The maximum atomic E-state index is 13.2. The Morgan fingerprint density at radius 1 is 0.900 bits per heavy atom. The molecule has 1 heterocycles. The van der Waals surface area contributed by atoms with E-state index >= 15 is 0 Å². The van der Waals surface area contributed by atoms with Gasteiger partial charge in [0.1, 0.15) is 17.4 Å². The second-order valence-electron chi connectivity index (χ2n) is 7.37. The van der Waals surface area contributed by atoms with Crippen LogP contribution >= 0.6 is 0 Å². The average Bonchev–Trinajstić information content (AvgIpc) is 2.77. The molecule has 0 saturated carbocycles. The Labute approximate surface area is 175 Å². The zero-order chi connectivity index (χ0) is 21.1. The number of likely N-dealkylation sites (N-methyl/N-ethyl adjacent to an activating group) is 1. The summed E-state index contributed by atoms with van der Waals surface area (Å²) in [5.74, 6) is -0.106. The lowest BCUT2D eigenvalue weighted by molar-refractivity contribution is -0.159. The first-order valence-corrected chi connectivity index (χ1v) is 9.89. The Morgan fingerprint density at radius 3 is 2.03 bits per heavy atom. The van der Waals surface area contributed by atoms with Gasteiger partial charge >= 0.3 is 5.97 Å². The van der Waals surface area contributed by atoms with Crippen LogP contribution in [0.15, 0.2) is 78.9 Å². The zero-order valence-electron chi connectivity index (χ0n) is 16.9. The van der Waals surface area contributed by atoms with Crippen molar-refractivity contribution in [1.82, 2.24) is 4.90 Å². The molecule has 0 N–H and O–H groups in total. The molecule has 4 rings (SSSR count). The fourth-order valence-electron chi connectivity index (χ4n) is 3.70. The van der Waals surface area contributed by atoms with Gasteiger partial charge in [-0.2, -0.15) is 0 Å². The third-order valence-corrected chi connectivity index (χ3v) is 5.20. The maximum absolute atomic E-state index is 13.2. The van der Waals surface area contributed by atoms with Gasteiger partial charge in [-0.1, -0.05) is 66.7 Å². The summed E-state index contributed by atoms with van der Waals surface area (Å²) in [7, 11) is 1.71. The van der Waals surface area contributed by atoms with Gasteiger partial charge in [-0.15, -0.1) is 0 Å². The first-order chi connectivity index (χ1) is 14.5. The predicted octanol–water partition coefficient (Wildman–Crippen LogP) is 4.51. The molecule has 0 aromatic heterocycles. The first-order valence-electron chi connectivity index (χ1n) is 9.89. The molecule has 0 bridgehead atoms. The molecule has 0 spiro atoms. The second-order valence-corrected chi connectivity index (χ2v) is 7.37. The van der Waals surface area contributed by atoms with Crippen LogP contribution in [-0.4, -0.2) is 29.9 Å². The van der Waals surface area contributed by atoms with Crippen LogP contribution in [0.25, 0.3) is 0 Å². The molecule has 0 fully saturated rings. The lowest BCUT2D eigenvalue weighted by Crippen LogP contribution is -2.38. The van der Waals surface area contributed by atoms with Crippen molar-refractivity contribution < 1.29 is 19.1 Å². The van der Waals surface area contributed by atoms with E-state index in [0.717, 1.165) is 16.7 Å². The fourth-order valence-corrected chi connectivity index (χ4v) is 3.70. The number of carbonyl (C=O) groups excluding carboxylic acids is 2. The molecular formula is C25H23NO4. The molecule has 1 aliphatic heterocycles. The number of nitrogens with zero attached hydrogens (tertiary/aromatic N) is 1. The van der Waals surface area contributed by atoms with Gasteiger partial charge in [-0.05, 0) is 24.6 Å². The summed E-state index contributed by atoms with van der Waals surface area (Å²) in [5.41, 5.74) is 2.48. The molecule has 1 aliphatic rings. The summed E-state index contributed by atoms with van der Waals surface area (Å²) >= 11 is 0. The molecule has 0 unspecified atom stereocenters. The normalized spacial score (nSPS) is 13.4.